The summed E-state index contributed by atoms with van der Waals surface area (Å²) in [4.78, 5) is 9.76. The maximum atomic E-state index is 9.76. The van der Waals surface area contributed by atoms with Crippen molar-refractivity contribution in [3.63, 3.8) is 0 Å². The topological polar surface area (TPSA) is 37.3 Å². The van der Waals surface area contributed by atoms with Gasteiger partial charge in [0.2, 0.25) is 0 Å². The summed E-state index contributed by atoms with van der Waals surface area (Å²) in [7, 11) is 0. The van der Waals surface area contributed by atoms with Crippen LogP contribution in [0.3, 0.4) is 0 Å². The lowest BCUT2D eigenvalue weighted by Crippen LogP contribution is -2.02. The van der Waals surface area contributed by atoms with Crippen LogP contribution in [-0.4, -0.2) is 11.1 Å². The summed E-state index contributed by atoms with van der Waals surface area (Å²) in [6.07, 6.45) is 7.30. The van der Waals surface area contributed by atoms with Crippen LogP contribution in [0, 0.1) is 0 Å². The van der Waals surface area contributed by atoms with E-state index in [-0.39, 0.29) is 0 Å². The zero-order chi connectivity index (χ0) is 17.6. The van der Waals surface area contributed by atoms with Crippen LogP contribution in [0.25, 0.3) is 21.5 Å². The zero-order valence-electron chi connectivity index (χ0n) is 14.9. The van der Waals surface area contributed by atoms with E-state index >= 15 is 0 Å². The van der Waals surface area contributed by atoms with E-state index in [1.807, 2.05) is 6.92 Å². The van der Waals surface area contributed by atoms with Gasteiger partial charge in [0, 0.05) is 6.42 Å². The van der Waals surface area contributed by atoms with Gasteiger partial charge in [-0.1, -0.05) is 61.9 Å². The van der Waals surface area contributed by atoms with Crippen LogP contribution in [0.15, 0.2) is 48.5 Å². The van der Waals surface area contributed by atoms with E-state index in [1.165, 1.54) is 47.2 Å². The molecule has 0 aliphatic heterocycles. The van der Waals surface area contributed by atoms with Gasteiger partial charge in [-0.3, -0.25) is 4.79 Å². The van der Waals surface area contributed by atoms with Crippen molar-refractivity contribution >= 4 is 27.5 Å². The number of hydrogen-bond donors (Lipinski definition) is 1. The molecule has 1 aliphatic rings. The monoisotopic (exact) mass is 334 g/mol. The van der Waals surface area contributed by atoms with Gasteiger partial charge in [-0.15, -0.1) is 0 Å². The highest BCUT2D eigenvalue weighted by atomic mass is 16.4. The number of aryl methyl sites for hydroxylation is 2. The van der Waals surface area contributed by atoms with Gasteiger partial charge in [0.15, 0.2) is 0 Å². The largest absolute Gasteiger partial charge is 0.481 e. The summed E-state index contributed by atoms with van der Waals surface area (Å²) >= 11 is 0. The van der Waals surface area contributed by atoms with Crippen LogP contribution in [-0.2, 0) is 17.6 Å². The summed E-state index contributed by atoms with van der Waals surface area (Å²) in [5.41, 5.74) is 3.17. The van der Waals surface area contributed by atoms with Crippen molar-refractivity contribution in [2.45, 2.75) is 51.9 Å². The Labute approximate surface area is 149 Å². The Morgan fingerprint density at radius 2 is 1.68 bits per heavy atom. The third-order valence-electron chi connectivity index (χ3n) is 5.00. The van der Waals surface area contributed by atoms with Gasteiger partial charge in [0.25, 0.3) is 0 Å². The molecule has 0 heterocycles. The smallest absolute Gasteiger partial charge is 0.303 e. The molecule has 4 rings (SSSR count). The van der Waals surface area contributed by atoms with Crippen LogP contribution in [0.5, 0.6) is 0 Å². The molecule has 0 bridgehead atoms. The van der Waals surface area contributed by atoms with Crippen LogP contribution >= 0.6 is 0 Å². The first-order chi connectivity index (χ1) is 12.2. The number of carboxylic acids is 1. The number of benzene rings is 3. The van der Waals surface area contributed by atoms with E-state index in [4.69, 9.17) is 5.11 Å². The minimum atomic E-state index is -0.693. The van der Waals surface area contributed by atoms with E-state index in [2.05, 4.69) is 48.5 Å². The molecular formula is C23H26O2. The zero-order valence-corrected chi connectivity index (χ0v) is 14.9. The molecule has 0 radical (unpaired) electrons. The average Bonchev–Trinajstić information content (AvgIpc) is 2.66. The van der Waals surface area contributed by atoms with Gasteiger partial charge in [0.1, 0.15) is 0 Å². The van der Waals surface area contributed by atoms with Gasteiger partial charge in [-0.2, -0.15) is 0 Å². The number of fused-ring (bicyclic) bond motifs is 5. The molecule has 25 heavy (non-hydrogen) atoms. The molecule has 0 spiro atoms. The molecule has 0 atom stereocenters. The molecule has 2 nitrogen and oxygen atoms in total. The Kier molecular flexibility index (Phi) is 5.70. The van der Waals surface area contributed by atoms with Crippen LogP contribution < -0.4 is 0 Å². The van der Waals surface area contributed by atoms with Gasteiger partial charge in [-0.25, -0.2) is 0 Å². The maximum absolute atomic E-state index is 9.76. The van der Waals surface area contributed by atoms with Crippen LogP contribution in [0.4, 0.5) is 0 Å². The van der Waals surface area contributed by atoms with Crippen LogP contribution in [0.2, 0.25) is 0 Å². The van der Waals surface area contributed by atoms with Crippen molar-refractivity contribution in [3.8, 4) is 0 Å². The van der Waals surface area contributed by atoms with E-state index in [0.717, 1.165) is 12.8 Å². The Balaban J connectivity index is 0.000000225. The van der Waals surface area contributed by atoms with Crippen molar-refractivity contribution in [2.24, 2.45) is 0 Å². The van der Waals surface area contributed by atoms with E-state index < -0.39 is 5.97 Å². The maximum Gasteiger partial charge on any atom is 0.303 e. The van der Waals surface area contributed by atoms with Gasteiger partial charge < -0.3 is 5.11 Å². The number of carbonyl (C=O) groups is 1. The van der Waals surface area contributed by atoms with Gasteiger partial charge >= 0.3 is 5.97 Å². The van der Waals surface area contributed by atoms with E-state index in [0.29, 0.717) is 6.42 Å². The predicted molar refractivity (Wildman–Crippen MR) is 105 cm³/mol. The van der Waals surface area contributed by atoms with E-state index in [9.17, 15) is 4.79 Å². The lowest BCUT2D eigenvalue weighted by molar-refractivity contribution is -0.137. The minimum Gasteiger partial charge on any atom is -0.481 e. The second-order valence-corrected chi connectivity index (χ2v) is 6.79. The quantitative estimate of drug-likeness (QED) is 0.585. The summed E-state index contributed by atoms with van der Waals surface area (Å²) < 4.78 is 0. The lowest BCUT2D eigenvalue weighted by atomic mass is 9.86. The van der Waals surface area contributed by atoms with Gasteiger partial charge in [0.05, 0.1) is 0 Å². The van der Waals surface area contributed by atoms with Crippen molar-refractivity contribution in [2.75, 3.05) is 0 Å². The molecule has 0 saturated carbocycles. The SMILES string of the molecule is CCCCC(=O)O.c1ccc2c(c1)ccc1c3c(ccc12)CCCC3. The molecule has 1 aliphatic carbocycles. The molecule has 0 amide bonds. The number of aliphatic carboxylic acids is 1. The standard InChI is InChI=1S/C18H16.C5H10O2/c1-3-7-15-13(5-1)9-11-18-16-8-4-2-6-14(16)10-12-17(15)18;1-2-3-4-5(6)7/h1,3,5,7,9-12H,2,4,6,8H2;2-4H2,1H3,(H,6,7). The van der Waals surface area contributed by atoms with E-state index in [1.54, 1.807) is 11.1 Å². The summed E-state index contributed by atoms with van der Waals surface area (Å²) in [5.74, 6) is -0.693. The molecule has 2 heteroatoms. The highest BCUT2D eigenvalue weighted by Crippen LogP contribution is 2.33. The Morgan fingerprint density at radius 1 is 0.920 bits per heavy atom. The third kappa shape index (κ3) is 4.01. The fourth-order valence-corrected chi connectivity index (χ4v) is 3.67. The molecule has 0 aromatic heterocycles. The fraction of sp³-hybridized carbons (Fsp3) is 0.348. The molecule has 130 valence electrons. The van der Waals surface area contributed by atoms with Crippen molar-refractivity contribution in [1.29, 1.82) is 0 Å². The number of rotatable bonds is 3. The first kappa shape index (κ1) is 17.5. The summed E-state index contributed by atoms with van der Waals surface area (Å²) in [5, 5.41) is 13.7. The second kappa shape index (κ2) is 8.15. The molecule has 0 unspecified atom stereocenters. The third-order valence-corrected chi connectivity index (χ3v) is 5.00. The fourth-order valence-electron chi connectivity index (χ4n) is 3.67. The molecular weight excluding hydrogens is 308 g/mol. The van der Waals surface area contributed by atoms with Crippen molar-refractivity contribution in [3.05, 3.63) is 59.7 Å². The Hall–Kier alpha value is -2.35. The highest BCUT2D eigenvalue weighted by molar-refractivity contribution is 6.08. The second-order valence-electron chi connectivity index (χ2n) is 6.79. The van der Waals surface area contributed by atoms with Crippen molar-refractivity contribution < 1.29 is 9.90 Å². The highest BCUT2D eigenvalue weighted by Gasteiger charge is 2.13. The molecule has 1 N–H and O–H groups in total. The normalized spacial score (nSPS) is 13.2. The summed E-state index contributed by atoms with van der Waals surface area (Å²) in [6, 6.07) is 18.0. The Morgan fingerprint density at radius 3 is 2.44 bits per heavy atom. The molecule has 0 fully saturated rings. The first-order valence-electron chi connectivity index (χ1n) is 9.34. The first-order valence-corrected chi connectivity index (χ1v) is 9.34. The number of hydrogen-bond acceptors (Lipinski definition) is 1. The molecule has 3 aromatic carbocycles. The minimum absolute atomic E-state index is 0.316. The average molecular weight is 334 g/mol. The molecule has 0 saturated heterocycles. The number of unbranched alkanes of at least 4 members (excludes halogenated alkanes) is 1. The lowest BCUT2D eigenvalue weighted by Gasteiger charge is -2.18. The summed E-state index contributed by atoms with van der Waals surface area (Å²) in [6.45, 7) is 1.98. The predicted octanol–water partition coefficient (Wildman–Crippen LogP) is 6.13. The molecule has 3 aromatic rings. The van der Waals surface area contributed by atoms with Gasteiger partial charge in [-0.05, 0) is 64.8 Å². The van der Waals surface area contributed by atoms with Crippen LogP contribution in [0.1, 0.15) is 50.2 Å². The van der Waals surface area contributed by atoms with Crippen molar-refractivity contribution in [1.82, 2.24) is 0 Å². The number of carboxylic acid groups (broad SMARTS) is 1. The Bertz CT molecular complexity index is 880.